The molecule has 1 aromatic carbocycles. The summed E-state index contributed by atoms with van der Waals surface area (Å²) in [6.07, 6.45) is 1.26. The maximum atomic E-state index is 13.8. The Morgan fingerprint density at radius 1 is 1.42 bits per heavy atom. The van der Waals surface area contributed by atoms with Gasteiger partial charge in [0.1, 0.15) is 17.3 Å². The van der Waals surface area contributed by atoms with E-state index in [9.17, 15) is 13.9 Å². The van der Waals surface area contributed by atoms with Crippen molar-refractivity contribution in [2.24, 2.45) is 0 Å². The van der Waals surface area contributed by atoms with Crippen LogP contribution in [0.25, 0.3) is 0 Å². The van der Waals surface area contributed by atoms with Crippen molar-refractivity contribution in [3.8, 4) is 0 Å². The molecular formula is C12H12BrF2N3O. The fraction of sp³-hybridized carbons (Fsp3) is 0.333. The first-order valence-corrected chi connectivity index (χ1v) is 6.52. The molecular weight excluding hydrogens is 320 g/mol. The van der Waals surface area contributed by atoms with E-state index in [1.54, 1.807) is 6.92 Å². The zero-order valence-corrected chi connectivity index (χ0v) is 11.7. The summed E-state index contributed by atoms with van der Waals surface area (Å²) >= 11 is 3.01. The molecule has 0 saturated heterocycles. The number of halogens is 3. The molecule has 1 aromatic heterocycles. The Kier molecular flexibility index (Phi) is 4.26. The second kappa shape index (κ2) is 5.75. The van der Waals surface area contributed by atoms with Gasteiger partial charge in [-0.15, -0.1) is 5.10 Å². The van der Waals surface area contributed by atoms with E-state index in [1.807, 2.05) is 0 Å². The minimum Gasteiger partial charge on any atom is -0.387 e. The molecule has 2 rings (SSSR count). The van der Waals surface area contributed by atoms with Crippen LogP contribution in [0, 0.1) is 11.6 Å². The number of benzene rings is 1. The molecule has 4 nitrogen and oxygen atoms in total. The van der Waals surface area contributed by atoms with Crippen molar-refractivity contribution >= 4 is 15.9 Å². The summed E-state index contributed by atoms with van der Waals surface area (Å²) < 4.78 is 28.8. The van der Waals surface area contributed by atoms with E-state index in [0.717, 1.165) is 0 Å². The third-order valence-electron chi connectivity index (χ3n) is 2.74. The maximum absolute atomic E-state index is 13.8. The molecule has 0 spiro atoms. The molecule has 0 amide bonds. The highest BCUT2D eigenvalue weighted by atomic mass is 79.9. The van der Waals surface area contributed by atoms with Crippen molar-refractivity contribution in [3.05, 3.63) is 45.7 Å². The Hall–Kier alpha value is -1.34. The number of hydrogen-bond acceptors (Lipinski definition) is 3. The molecule has 1 atom stereocenters. The summed E-state index contributed by atoms with van der Waals surface area (Å²) in [4.78, 5) is 0. The second-order valence-corrected chi connectivity index (χ2v) is 4.94. The highest BCUT2D eigenvalue weighted by Gasteiger charge is 2.15. The van der Waals surface area contributed by atoms with Crippen molar-refractivity contribution < 1.29 is 13.9 Å². The normalized spacial score (nSPS) is 12.7. The lowest BCUT2D eigenvalue weighted by molar-refractivity contribution is 0.168. The summed E-state index contributed by atoms with van der Waals surface area (Å²) in [5.74, 6) is -1.30. The molecule has 1 N–H and O–H groups in total. The summed E-state index contributed by atoms with van der Waals surface area (Å²) in [5, 5.41) is 17.1. The number of nitrogens with zero attached hydrogens (tertiary/aromatic N) is 3. The van der Waals surface area contributed by atoms with E-state index in [4.69, 9.17) is 0 Å². The minimum atomic E-state index is -0.717. The van der Waals surface area contributed by atoms with Crippen molar-refractivity contribution in [1.29, 1.82) is 0 Å². The summed E-state index contributed by atoms with van der Waals surface area (Å²) in [5.41, 5.74) is 0.287. The molecule has 0 aliphatic heterocycles. The molecule has 1 heterocycles. The lowest BCUT2D eigenvalue weighted by Gasteiger charge is -2.06. The van der Waals surface area contributed by atoms with E-state index < -0.39 is 17.7 Å². The molecule has 2 aromatic rings. The predicted molar refractivity (Wildman–Crippen MR) is 68.4 cm³/mol. The third-order valence-corrected chi connectivity index (χ3v) is 3.36. The molecule has 102 valence electrons. The van der Waals surface area contributed by atoms with Gasteiger partial charge in [0.2, 0.25) is 0 Å². The lowest BCUT2D eigenvalue weighted by atomic mass is 10.2. The molecule has 19 heavy (non-hydrogen) atoms. The van der Waals surface area contributed by atoms with Crippen LogP contribution in [-0.2, 0) is 6.54 Å². The SMILES string of the molecule is CCC(O)c1cn(Cc2c(F)ccc(Br)c2F)nn1. The highest BCUT2D eigenvalue weighted by molar-refractivity contribution is 9.10. The Bertz CT molecular complexity index is 588. The Morgan fingerprint density at radius 2 is 2.16 bits per heavy atom. The molecule has 0 fully saturated rings. The van der Waals surface area contributed by atoms with Gasteiger partial charge in [0.05, 0.1) is 23.3 Å². The van der Waals surface area contributed by atoms with Crippen molar-refractivity contribution in [1.82, 2.24) is 15.0 Å². The number of aliphatic hydroxyl groups excluding tert-OH is 1. The standard InChI is InChI=1S/C12H12BrF2N3O/c1-2-11(19)10-6-18(17-16-10)5-7-9(14)4-3-8(13)12(7)15/h3-4,6,11,19H,2,5H2,1H3. The zero-order chi connectivity index (χ0) is 14.0. The molecule has 0 saturated carbocycles. The van der Waals surface area contributed by atoms with E-state index >= 15 is 0 Å². The van der Waals surface area contributed by atoms with Gasteiger partial charge in [-0.3, -0.25) is 0 Å². The van der Waals surface area contributed by atoms with Crippen LogP contribution in [0.15, 0.2) is 22.8 Å². The van der Waals surface area contributed by atoms with Crippen LogP contribution in [0.1, 0.15) is 30.7 Å². The number of rotatable bonds is 4. The smallest absolute Gasteiger partial charge is 0.145 e. The van der Waals surface area contributed by atoms with Gasteiger partial charge in [0.15, 0.2) is 0 Å². The van der Waals surface area contributed by atoms with Crippen LogP contribution < -0.4 is 0 Å². The third kappa shape index (κ3) is 2.98. The van der Waals surface area contributed by atoms with E-state index in [-0.39, 0.29) is 16.6 Å². The van der Waals surface area contributed by atoms with Crippen molar-refractivity contribution in [2.45, 2.75) is 26.0 Å². The Balaban J connectivity index is 2.27. The van der Waals surface area contributed by atoms with E-state index in [1.165, 1.54) is 23.0 Å². The van der Waals surface area contributed by atoms with Crippen LogP contribution in [0.3, 0.4) is 0 Å². The summed E-state index contributed by atoms with van der Waals surface area (Å²) in [6.45, 7) is 1.72. The van der Waals surface area contributed by atoms with Gasteiger partial charge in [-0.25, -0.2) is 13.5 Å². The number of hydrogen-bond donors (Lipinski definition) is 1. The van der Waals surface area contributed by atoms with Gasteiger partial charge in [0, 0.05) is 5.56 Å². The Labute approximate surface area is 117 Å². The monoisotopic (exact) mass is 331 g/mol. The average Bonchev–Trinajstić information content (AvgIpc) is 2.87. The maximum Gasteiger partial charge on any atom is 0.145 e. The lowest BCUT2D eigenvalue weighted by Crippen LogP contribution is -2.06. The van der Waals surface area contributed by atoms with Crippen LogP contribution in [-0.4, -0.2) is 20.1 Å². The molecule has 7 heteroatoms. The van der Waals surface area contributed by atoms with Crippen LogP contribution in [0.5, 0.6) is 0 Å². The molecule has 1 unspecified atom stereocenters. The minimum absolute atomic E-state index is 0.0828. The van der Waals surface area contributed by atoms with Gasteiger partial charge < -0.3 is 5.11 Å². The van der Waals surface area contributed by atoms with E-state index in [0.29, 0.717) is 12.1 Å². The van der Waals surface area contributed by atoms with Crippen LogP contribution >= 0.6 is 15.9 Å². The fourth-order valence-electron chi connectivity index (χ4n) is 1.63. The predicted octanol–water partition coefficient (Wildman–Crippen LogP) is 2.81. The molecule has 0 aliphatic carbocycles. The largest absolute Gasteiger partial charge is 0.387 e. The van der Waals surface area contributed by atoms with Gasteiger partial charge in [-0.2, -0.15) is 0 Å². The van der Waals surface area contributed by atoms with Gasteiger partial charge >= 0.3 is 0 Å². The molecule has 0 aliphatic rings. The van der Waals surface area contributed by atoms with Gasteiger partial charge in [-0.1, -0.05) is 12.1 Å². The van der Waals surface area contributed by atoms with Crippen LogP contribution in [0.4, 0.5) is 8.78 Å². The second-order valence-electron chi connectivity index (χ2n) is 4.09. The van der Waals surface area contributed by atoms with Crippen molar-refractivity contribution in [3.63, 3.8) is 0 Å². The molecule has 0 radical (unpaired) electrons. The zero-order valence-electron chi connectivity index (χ0n) is 10.1. The van der Waals surface area contributed by atoms with Crippen molar-refractivity contribution in [2.75, 3.05) is 0 Å². The topological polar surface area (TPSA) is 50.9 Å². The number of aromatic nitrogens is 3. The van der Waals surface area contributed by atoms with Gasteiger partial charge in [-0.05, 0) is 34.5 Å². The summed E-state index contributed by atoms with van der Waals surface area (Å²) in [7, 11) is 0. The summed E-state index contributed by atoms with van der Waals surface area (Å²) in [6, 6.07) is 2.49. The van der Waals surface area contributed by atoms with Gasteiger partial charge in [0.25, 0.3) is 0 Å². The fourth-order valence-corrected chi connectivity index (χ4v) is 2.00. The first kappa shape index (κ1) is 14.1. The highest BCUT2D eigenvalue weighted by Crippen LogP contribution is 2.22. The van der Waals surface area contributed by atoms with E-state index in [2.05, 4.69) is 26.2 Å². The quantitative estimate of drug-likeness (QED) is 0.876. The average molecular weight is 332 g/mol. The number of aliphatic hydroxyl groups is 1. The molecule has 0 bridgehead atoms. The van der Waals surface area contributed by atoms with Crippen LogP contribution in [0.2, 0.25) is 0 Å². The Morgan fingerprint density at radius 3 is 2.84 bits per heavy atom. The first-order valence-electron chi connectivity index (χ1n) is 5.73. The first-order chi connectivity index (χ1) is 9.02.